The molecule has 0 fully saturated rings. The van der Waals surface area contributed by atoms with Crippen molar-refractivity contribution in [3.63, 3.8) is 0 Å². The van der Waals surface area contributed by atoms with Crippen LogP contribution in [0.4, 0.5) is 0 Å². The van der Waals surface area contributed by atoms with Crippen molar-refractivity contribution in [1.29, 1.82) is 0 Å². The van der Waals surface area contributed by atoms with Gasteiger partial charge >= 0.3 is 40.0 Å². The van der Waals surface area contributed by atoms with Gasteiger partial charge < -0.3 is 7.58 Å². The molecular formula is H7BrNNaO4S. The summed E-state index contributed by atoms with van der Waals surface area (Å²) in [5.74, 6) is 0. The summed E-state index contributed by atoms with van der Waals surface area (Å²) in [5, 5.41) is 0. The van der Waals surface area contributed by atoms with Crippen LogP contribution in [0, 0.1) is 0 Å². The molecule has 0 aromatic carbocycles. The van der Waals surface area contributed by atoms with Crippen LogP contribution in [0.2, 0.25) is 0 Å². The van der Waals surface area contributed by atoms with Gasteiger partial charge in [-0.25, -0.2) is 0 Å². The second-order valence-electron chi connectivity index (χ2n) is 0.448. The maximum Gasteiger partial charge on any atom is 1.00 e. The third-order valence-electron chi connectivity index (χ3n) is 0. The Morgan fingerprint density at radius 1 is 1.25 bits per heavy atom. The van der Waals surface area contributed by atoms with Crippen molar-refractivity contribution in [1.82, 2.24) is 6.15 Å². The molecule has 0 spiro atoms. The molecule has 8 heteroatoms. The van der Waals surface area contributed by atoms with Crippen molar-refractivity contribution in [3.05, 3.63) is 0 Å². The molecule has 0 saturated heterocycles. The average molecular weight is 220 g/mol. The zero-order chi connectivity index (χ0) is 4.50. The van der Waals surface area contributed by atoms with Crippen LogP contribution < -0.4 is 35.7 Å². The van der Waals surface area contributed by atoms with Crippen LogP contribution in [0.1, 0.15) is 1.43 Å². The van der Waals surface area contributed by atoms with Crippen molar-refractivity contribution < 1.29 is 48.5 Å². The van der Waals surface area contributed by atoms with Crippen LogP contribution in [-0.2, 0) is 10.4 Å². The molecule has 0 saturated carbocycles. The molecule has 0 unspecified atom stereocenters. The minimum Gasteiger partial charge on any atom is -1.00 e. The van der Waals surface area contributed by atoms with E-state index in [1.54, 1.807) is 0 Å². The first kappa shape index (κ1) is 22.8. The summed E-state index contributed by atoms with van der Waals surface area (Å²) >= 11 is 0. The van der Waals surface area contributed by atoms with Crippen molar-refractivity contribution in [2.45, 2.75) is 0 Å². The SMILES string of the molecule is Br.N.O=S(=O)(O)O.[H-].[Na+]. The zero-order valence-corrected chi connectivity index (χ0v) is 8.76. The molecule has 0 bridgehead atoms. The molecule has 0 atom stereocenters. The molecule has 50 valence electrons. The summed E-state index contributed by atoms with van der Waals surface area (Å²) in [7, 11) is -4.67. The molecule has 0 aliphatic carbocycles. The Bertz CT molecular complexity index is 104. The quantitative estimate of drug-likeness (QED) is 0.302. The third-order valence-corrected chi connectivity index (χ3v) is 0. The standard InChI is InChI=1S/BrH.H3N.Na.H2O4S.H/c;;;1-5(2,3)4;/h1H;1H3;;(H2,1,2,3,4);/q;;+1;;-1. The number of rotatable bonds is 0. The van der Waals surface area contributed by atoms with E-state index in [2.05, 4.69) is 0 Å². The van der Waals surface area contributed by atoms with Gasteiger partial charge in [-0.3, -0.25) is 9.11 Å². The Morgan fingerprint density at radius 3 is 1.25 bits per heavy atom. The fourth-order valence-electron chi connectivity index (χ4n) is 0. The molecule has 0 aliphatic heterocycles. The van der Waals surface area contributed by atoms with Crippen molar-refractivity contribution in [3.8, 4) is 0 Å². The Morgan fingerprint density at radius 2 is 1.25 bits per heavy atom. The predicted molar refractivity (Wildman–Crippen MR) is 30.6 cm³/mol. The van der Waals surface area contributed by atoms with Crippen molar-refractivity contribution in [2.75, 3.05) is 0 Å². The fraction of sp³-hybridized carbons (Fsp3) is 0. The fourth-order valence-corrected chi connectivity index (χ4v) is 0. The van der Waals surface area contributed by atoms with Crippen molar-refractivity contribution in [2.24, 2.45) is 0 Å². The molecule has 0 heterocycles. The molecule has 0 rings (SSSR count). The van der Waals surface area contributed by atoms with Gasteiger partial charge in [-0.05, 0) is 0 Å². The number of halogens is 1. The summed E-state index contributed by atoms with van der Waals surface area (Å²) in [6.45, 7) is 0. The van der Waals surface area contributed by atoms with Gasteiger partial charge in [0.2, 0.25) is 0 Å². The summed E-state index contributed by atoms with van der Waals surface area (Å²) in [4.78, 5) is 0. The predicted octanol–water partition coefficient (Wildman–Crippen LogP) is -2.80. The van der Waals surface area contributed by atoms with Crippen LogP contribution in [0.3, 0.4) is 0 Å². The Balaban J connectivity index is -0.0000000133. The topological polar surface area (TPSA) is 110 Å². The van der Waals surface area contributed by atoms with Gasteiger partial charge in [0.05, 0.1) is 0 Å². The summed E-state index contributed by atoms with van der Waals surface area (Å²) in [5.41, 5.74) is 0. The first-order valence-electron chi connectivity index (χ1n) is 0.698. The second kappa shape index (κ2) is 8.31. The van der Waals surface area contributed by atoms with Crippen molar-refractivity contribution >= 4 is 27.4 Å². The van der Waals surface area contributed by atoms with E-state index in [0.717, 1.165) is 0 Å². The van der Waals surface area contributed by atoms with Gasteiger partial charge in [0.25, 0.3) is 0 Å². The van der Waals surface area contributed by atoms with Crippen LogP contribution in [0.15, 0.2) is 0 Å². The number of hydrogen-bond donors (Lipinski definition) is 3. The molecule has 0 radical (unpaired) electrons. The van der Waals surface area contributed by atoms with E-state index in [9.17, 15) is 0 Å². The second-order valence-corrected chi connectivity index (χ2v) is 1.34. The van der Waals surface area contributed by atoms with Crippen LogP contribution in [-0.4, -0.2) is 17.5 Å². The molecule has 5 N–H and O–H groups in total. The molecular weight excluding hydrogens is 213 g/mol. The van der Waals surface area contributed by atoms with E-state index in [1.165, 1.54) is 0 Å². The molecule has 5 nitrogen and oxygen atoms in total. The van der Waals surface area contributed by atoms with Gasteiger partial charge in [0.15, 0.2) is 0 Å². The molecule has 0 amide bonds. The Kier molecular flexibility index (Phi) is 23.7. The maximum absolute atomic E-state index is 8.74. The first-order valence-corrected chi connectivity index (χ1v) is 2.10. The number of hydrogen-bond acceptors (Lipinski definition) is 3. The van der Waals surface area contributed by atoms with E-state index in [-0.39, 0.29) is 54.1 Å². The maximum atomic E-state index is 8.74. The van der Waals surface area contributed by atoms with Gasteiger partial charge in [-0.2, -0.15) is 8.42 Å². The van der Waals surface area contributed by atoms with Gasteiger partial charge in [-0.1, -0.05) is 0 Å². The molecule has 0 aliphatic rings. The average Bonchev–Trinajstić information content (AvgIpc) is 0.722. The smallest absolute Gasteiger partial charge is 1.00 e. The van der Waals surface area contributed by atoms with Crippen LogP contribution in [0.25, 0.3) is 0 Å². The van der Waals surface area contributed by atoms with Gasteiger partial charge in [0, 0.05) is 0 Å². The minimum atomic E-state index is -4.67. The van der Waals surface area contributed by atoms with Crippen LogP contribution >= 0.6 is 17.0 Å². The van der Waals surface area contributed by atoms with Gasteiger partial charge in [0.1, 0.15) is 0 Å². The van der Waals surface area contributed by atoms with Crippen LogP contribution in [0.5, 0.6) is 0 Å². The summed E-state index contributed by atoms with van der Waals surface area (Å²) in [6.07, 6.45) is 0. The summed E-state index contributed by atoms with van der Waals surface area (Å²) < 4.78 is 31.6. The Labute approximate surface area is 81.6 Å². The van der Waals surface area contributed by atoms with E-state index >= 15 is 0 Å². The van der Waals surface area contributed by atoms with E-state index in [0.29, 0.717) is 0 Å². The molecule has 0 aromatic rings. The third kappa shape index (κ3) is 170. The minimum absolute atomic E-state index is 0. The van der Waals surface area contributed by atoms with E-state index in [4.69, 9.17) is 17.5 Å². The van der Waals surface area contributed by atoms with E-state index < -0.39 is 10.4 Å². The zero-order valence-electron chi connectivity index (χ0n) is 5.23. The first-order chi connectivity index (χ1) is 2.00. The normalized spacial score (nSPS) is 7.25. The van der Waals surface area contributed by atoms with E-state index in [1.807, 2.05) is 0 Å². The monoisotopic (exact) mass is 219 g/mol. The Hall–Kier alpha value is 1.31. The largest absolute Gasteiger partial charge is 1.00 e. The summed E-state index contributed by atoms with van der Waals surface area (Å²) in [6, 6.07) is 0. The van der Waals surface area contributed by atoms with Gasteiger partial charge in [-0.15, -0.1) is 17.0 Å². The molecule has 8 heavy (non-hydrogen) atoms. The molecule has 0 aromatic heterocycles.